The summed E-state index contributed by atoms with van der Waals surface area (Å²) in [5.74, 6) is 1.10. The van der Waals surface area contributed by atoms with Crippen molar-refractivity contribution in [1.82, 2.24) is 9.97 Å². The minimum atomic E-state index is -0.259. The number of aromatic nitrogens is 2. The van der Waals surface area contributed by atoms with Crippen molar-refractivity contribution < 1.29 is 9.53 Å². The van der Waals surface area contributed by atoms with Crippen molar-refractivity contribution in [3.8, 4) is 11.5 Å². The molecule has 33 heavy (non-hydrogen) atoms. The van der Waals surface area contributed by atoms with Crippen LogP contribution in [0.5, 0.6) is 11.5 Å². The van der Waals surface area contributed by atoms with E-state index in [0.717, 1.165) is 27.3 Å². The van der Waals surface area contributed by atoms with E-state index in [4.69, 9.17) is 16.3 Å². The number of carbonyl (C=O) groups excluding carboxylic acids is 1. The molecule has 164 valence electrons. The number of hydrogen-bond acceptors (Lipinski definition) is 5. The first-order chi connectivity index (χ1) is 16.1. The van der Waals surface area contributed by atoms with Crippen LogP contribution in [0.2, 0.25) is 5.02 Å². The summed E-state index contributed by atoms with van der Waals surface area (Å²) in [6, 6.07) is 22.2. The van der Waals surface area contributed by atoms with E-state index in [1.54, 1.807) is 29.7 Å². The molecule has 6 nitrogen and oxygen atoms in total. The van der Waals surface area contributed by atoms with Crippen LogP contribution in [-0.4, -0.2) is 15.9 Å². The van der Waals surface area contributed by atoms with Crippen LogP contribution in [0, 0.1) is 0 Å². The lowest BCUT2D eigenvalue weighted by Crippen LogP contribution is -2.12. The average Bonchev–Trinajstić information content (AvgIpc) is 3.48. The van der Waals surface area contributed by atoms with Crippen LogP contribution in [0.3, 0.4) is 0 Å². The summed E-state index contributed by atoms with van der Waals surface area (Å²) >= 11 is 7.88. The summed E-state index contributed by atoms with van der Waals surface area (Å²) in [4.78, 5) is 20.4. The number of amides is 1. The molecule has 0 saturated carbocycles. The number of benzene rings is 3. The minimum absolute atomic E-state index is 0.259. The van der Waals surface area contributed by atoms with Gasteiger partial charge in [-0.25, -0.2) is 4.98 Å². The number of para-hydroxylation sites is 1. The van der Waals surface area contributed by atoms with E-state index >= 15 is 0 Å². The third kappa shape index (κ3) is 5.00. The van der Waals surface area contributed by atoms with E-state index in [-0.39, 0.29) is 5.91 Å². The number of nitrogens with one attached hydrogen (secondary N) is 3. The van der Waals surface area contributed by atoms with E-state index in [1.165, 1.54) is 0 Å². The van der Waals surface area contributed by atoms with Crippen LogP contribution in [0.4, 0.5) is 11.4 Å². The molecule has 0 aliphatic carbocycles. The molecule has 2 heterocycles. The summed E-state index contributed by atoms with van der Waals surface area (Å²) in [6.45, 7) is 0.571. The molecule has 0 aliphatic heterocycles. The Morgan fingerprint density at radius 3 is 2.70 bits per heavy atom. The van der Waals surface area contributed by atoms with E-state index in [0.29, 0.717) is 28.7 Å². The van der Waals surface area contributed by atoms with Gasteiger partial charge in [0.05, 0.1) is 17.7 Å². The molecule has 5 rings (SSSR count). The zero-order chi connectivity index (χ0) is 22.6. The molecule has 0 atom stereocenters. The maximum atomic E-state index is 12.9. The van der Waals surface area contributed by atoms with Crippen LogP contribution < -0.4 is 15.4 Å². The number of halogens is 1. The molecule has 3 aromatic carbocycles. The van der Waals surface area contributed by atoms with Crippen molar-refractivity contribution in [2.45, 2.75) is 6.54 Å². The van der Waals surface area contributed by atoms with Crippen molar-refractivity contribution >= 4 is 51.1 Å². The number of thiazole rings is 1. The first-order valence-electron chi connectivity index (χ1n) is 10.2. The minimum Gasteiger partial charge on any atom is -0.457 e. The first-order valence-corrected chi connectivity index (χ1v) is 11.5. The molecule has 0 saturated heterocycles. The molecule has 0 aliphatic rings. The number of nitrogens with zero attached hydrogens (tertiary/aromatic N) is 1. The molecule has 3 N–H and O–H groups in total. The van der Waals surface area contributed by atoms with Gasteiger partial charge in [-0.05, 0) is 42.5 Å². The molecular formula is C25H19ClN4O2S. The maximum absolute atomic E-state index is 12.9. The SMILES string of the molecule is O=C(Nc1cccc(Oc2ccccc2)c1)c1cc2cc(Cl)cc(NCc3nccs3)c2[nH]1. The number of carbonyl (C=O) groups is 1. The van der Waals surface area contributed by atoms with E-state index in [9.17, 15) is 4.79 Å². The van der Waals surface area contributed by atoms with Gasteiger partial charge in [0.2, 0.25) is 0 Å². The zero-order valence-corrected chi connectivity index (χ0v) is 18.9. The molecule has 0 fully saturated rings. The molecule has 5 aromatic rings. The highest BCUT2D eigenvalue weighted by Crippen LogP contribution is 2.30. The van der Waals surface area contributed by atoms with E-state index in [1.807, 2.05) is 66.0 Å². The fourth-order valence-electron chi connectivity index (χ4n) is 3.44. The number of rotatable bonds is 7. The smallest absolute Gasteiger partial charge is 0.272 e. The van der Waals surface area contributed by atoms with Gasteiger partial charge in [0.15, 0.2) is 0 Å². The molecule has 0 radical (unpaired) electrons. The van der Waals surface area contributed by atoms with Gasteiger partial charge in [-0.1, -0.05) is 35.9 Å². The Balaban J connectivity index is 1.34. The Morgan fingerprint density at radius 1 is 1.03 bits per heavy atom. The second kappa shape index (κ2) is 9.36. The van der Waals surface area contributed by atoms with Crippen LogP contribution in [0.1, 0.15) is 15.5 Å². The van der Waals surface area contributed by atoms with E-state index < -0.39 is 0 Å². The normalized spacial score (nSPS) is 10.8. The molecule has 1 amide bonds. The Bertz CT molecular complexity index is 1400. The predicted molar refractivity (Wildman–Crippen MR) is 134 cm³/mol. The van der Waals surface area contributed by atoms with Crippen LogP contribution in [0.15, 0.2) is 84.4 Å². The Kier molecular flexibility index (Phi) is 5.97. The molecule has 2 aromatic heterocycles. The van der Waals surface area contributed by atoms with Gasteiger partial charge in [-0.2, -0.15) is 0 Å². The number of anilines is 2. The number of fused-ring (bicyclic) bond motifs is 1. The fraction of sp³-hybridized carbons (Fsp3) is 0.0400. The largest absolute Gasteiger partial charge is 0.457 e. The zero-order valence-electron chi connectivity index (χ0n) is 17.3. The van der Waals surface area contributed by atoms with Crippen molar-refractivity contribution in [2.24, 2.45) is 0 Å². The van der Waals surface area contributed by atoms with Gasteiger partial charge < -0.3 is 20.4 Å². The molecule has 8 heteroatoms. The molecular weight excluding hydrogens is 456 g/mol. The van der Waals surface area contributed by atoms with Crippen molar-refractivity contribution in [1.29, 1.82) is 0 Å². The van der Waals surface area contributed by atoms with Gasteiger partial charge in [0.1, 0.15) is 22.2 Å². The summed E-state index contributed by atoms with van der Waals surface area (Å²) < 4.78 is 5.85. The summed E-state index contributed by atoms with van der Waals surface area (Å²) in [5, 5.41) is 10.6. The predicted octanol–water partition coefficient (Wildman–Crippen LogP) is 6.93. The third-order valence-electron chi connectivity index (χ3n) is 4.92. The van der Waals surface area contributed by atoms with Gasteiger partial charge in [-0.3, -0.25) is 4.79 Å². The second-order valence-corrected chi connectivity index (χ2v) is 8.69. The van der Waals surface area contributed by atoms with Gasteiger partial charge in [-0.15, -0.1) is 11.3 Å². The third-order valence-corrected chi connectivity index (χ3v) is 5.92. The highest BCUT2D eigenvalue weighted by atomic mass is 35.5. The van der Waals surface area contributed by atoms with Crippen molar-refractivity contribution in [3.63, 3.8) is 0 Å². The van der Waals surface area contributed by atoms with Gasteiger partial charge in [0.25, 0.3) is 5.91 Å². The quantitative estimate of drug-likeness (QED) is 0.239. The average molecular weight is 475 g/mol. The summed E-state index contributed by atoms with van der Waals surface area (Å²) in [6.07, 6.45) is 1.77. The van der Waals surface area contributed by atoms with Gasteiger partial charge in [0, 0.05) is 33.7 Å². The second-order valence-electron chi connectivity index (χ2n) is 7.28. The summed E-state index contributed by atoms with van der Waals surface area (Å²) in [5.41, 5.74) is 2.68. The topological polar surface area (TPSA) is 79.0 Å². The lowest BCUT2D eigenvalue weighted by molar-refractivity contribution is 0.102. The number of ether oxygens (including phenoxy) is 1. The Morgan fingerprint density at radius 2 is 1.88 bits per heavy atom. The van der Waals surface area contributed by atoms with Crippen molar-refractivity contribution in [2.75, 3.05) is 10.6 Å². The number of H-pyrrole nitrogens is 1. The fourth-order valence-corrected chi connectivity index (χ4v) is 4.22. The highest BCUT2D eigenvalue weighted by molar-refractivity contribution is 7.09. The highest BCUT2D eigenvalue weighted by Gasteiger charge is 2.14. The first kappa shape index (κ1) is 21.1. The van der Waals surface area contributed by atoms with Crippen LogP contribution >= 0.6 is 22.9 Å². The Labute approximate surface area is 199 Å². The number of aromatic amines is 1. The Hall–Kier alpha value is -3.81. The van der Waals surface area contributed by atoms with Crippen molar-refractivity contribution in [3.05, 3.63) is 100 Å². The van der Waals surface area contributed by atoms with Gasteiger partial charge >= 0.3 is 0 Å². The lowest BCUT2D eigenvalue weighted by Gasteiger charge is -2.08. The molecule has 0 bridgehead atoms. The monoisotopic (exact) mass is 474 g/mol. The van der Waals surface area contributed by atoms with Crippen LogP contribution in [0.25, 0.3) is 10.9 Å². The van der Waals surface area contributed by atoms with E-state index in [2.05, 4.69) is 20.6 Å². The summed E-state index contributed by atoms with van der Waals surface area (Å²) in [7, 11) is 0. The number of hydrogen-bond donors (Lipinski definition) is 3. The maximum Gasteiger partial charge on any atom is 0.272 e. The standard InChI is InChI=1S/C25H19ClN4O2S/c26-17-11-16-12-22(30-24(16)21(13-17)28-15-23-27-9-10-33-23)25(31)29-18-5-4-8-20(14-18)32-19-6-2-1-3-7-19/h1-14,28,30H,15H2,(H,29,31). The lowest BCUT2D eigenvalue weighted by atomic mass is 10.2. The van der Waals surface area contributed by atoms with Crippen LogP contribution in [-0.2, 0) is 6.54 Å². The molecule has 0 spiro atoms. The molecule has 0 unspecified atom stereocenters.